The minimum atomic E-state index is 0.832. The lowest BCUT2D eigenvalue weighted by atomic mass is 10.2. The predicted octanol–water partition coefficient (Wildman–Crippen LogP) is 2.36. The molecule has 0 aliphatic carbocycles. The van der Waals surface area contributed by atoms with Crippen molar-refractivity contribution in [3.63, 3.8) is 0 Å². The molecule has 2 aromatic rings. The molecule has 0 saturated heterocycles. The number of aliphatic imine (C=N–C) groups is 1. The second-order valence-corrected chi connectivity index (χ2v) is 3.55. The highest BCUT2D eigenvalue weighted by Gasteiger charge is 2.05. The Kier molecular flexibility index (Phi) is 2.11. The number of hydrogen-bond donors (Lipinski definition) is 1. The minimum Gasteiger partial charge on any atom is -0.341 e. The Bertz CT molecular complexity index is 581. The topological polar surface area (TPSA) is 50.2 Å². The number of nitrogens with one attached hydrogen (secondary N) is 1. The van der Waals surface area contributed by atoms with Crippen LogP contribution in [-0.2, 0) is 0 Å². The Hall–Kier alpha value is -2.23. The lowest BCUT2D eigenvalue weighted by molar-refractivity contribution is 1.19. The third-order valence-corrected chi connectivity index (χ3v) is 2.47. The number of allylic oxidation sites excluding steroid dienone is 1. The molecule has 4 heteroatoms. The zero-order chi connectivity index (χ0) is 10.8. The zero-order valence-corrected chi connectivity index (χ0v) is 8.59. The molecule has 1 N–H and O–H groups in total. The van der Waals surface area contributed by atoms with Crippen molar-refractivity contribution < 1.29 is 0 Å². The molecule has 1 aliphatic rings. The van der Waals surface area contributed by atoms with Gasteiger partial charge >= 0.3 is 0 Å². The average Bonchev–Trinajstić information content (AvgIpc) is 2.82. The lowest BCUT2D eigenvalue weighted by Crippen LogP contribution is -2.01. The predicted molar refractivity (Wildman–Crippen MR) is 64.4 cm³/mol. The first-order valence-electron chi connectivity index (χ1n) is 5.11. The molecule has 0 unspecified atom stereocenters. The molecule has 0 saturated carbocycles. The number of fused-ring (bicyclic) bond motifs is 1. The van der Waals surface area contributed by atoms with Gasteiger partial charge in [-0.15, -0.1) is 0 Å². The van der Waals surface area contributed by atoms with E-state index >= 15 is 0 Å². The van der Waals surface area contributed by atoms with E-state index in [4.69, 9.17) is 0 Å². The first-order chi connectivity index (χ1) is 7.93. The van der Waals surface area contributed by atoms with Gasteiger partial charge < -0.3 is 5.32 Å². The Balaban J connectivity index is 2.03. The second kappa shape index (κ2) is 3.73. The van der Waals surface area contributed by atoms with Gasteiger partial charge in [0.2, 0.25) is 0 Å². The van der Waals surface area contributed by atoms with Crippen LogP contribution in [0.2, 0.25) is 0 Å². The fraction of sp³-hybridized carbons (Fsp3) is 0.0833. The van der Waals surface area contributed by atoms with Crippen molar-refractivity contribution in [2.75, 3.05) is 5.32 Å². The van der Waals surface area contributed by atoms with Gasteiger partial charge in [-0.05, 0) is 12.1 Å². The van der Waals surface area contributed by atoms with E-state index in [1.54, 1.807) is 6.33 Å². The summed E-state index contributed by atoms with van der Waals surface area (Å²) in [7, 11) is 0. The van der Waals surface area contributed by atoms with Crippen LogP contribution in [0.1, 0.15) is 6.42 Å². The van der Waals surface area contributed by atoms with Crippen molar-refractivity contribution in [1.82, 2.24) is 9.97 Å². The van der Waals surface area contributed by atoms with Crippen molar-refractivity contribution in [1.29, 1.82) is 0 Å². The molecule has 0 amide bonds. The van der Waals surface area contributed by atoms with E-state index < -0.39 is 0 Å². The van der Waals surface area contributed by atoms with E-state index in [0.29, 0.717) is 0 Å². The first kappa shape index (κ1) is 9.03. The molecule has 0 bridgehead atoms. The Morgan fingerprint density at radius 3 is 2.94 bits per heavy atom. The maximum atomic E-state index is 4.25. The third kappa shape index (κ3) is 1.54. The Morgan fingerprint density at radius 1 is 1.12 bits per heavy atom. The molecule has 78 valence electrons. The van der Waals surface area contributed by atoms with Gasteiger partial charge in [0.05, 0.1) is 5.52 Å². The third-order valence-electron chi connectivity index (χ3n) is 2.47. The summed E-state index contributed by atoms with van der Waals surface area (Å²) in [5.41, 5.74) is 2.00. The fourth-order valence-electron chi connectivity index (χ4n) is 1.69. The highest BCUT2D eigenvalue weighted by Crippen LogP contribution is 2.21. The van der Waals surface area contributed by atoms with Gasteiger partial charge in [-0.2, -0.15) is 0 Å². The summed E-state index contributed by atoms with van der Waals surface area (Å²) in [6.45, 7) is 0. The highest BCUT2D eigenvalue weighted by atomic mass is 15.0. The largest absolute Gasteiger partial charge is 0.341 e. The number of anilines is 1. The van der Waals surface area contributed by atoms with Crippen LogP contribution in [0.25, 0.3) is 10.9 Å². The number of para-hydroxylation sites is 1. The van der Waals surface area contributed by atoms with Crippen LogP contribution in [0, 0.1) is 0 Å². The number of nitrogens with zero attached hydrogens (tertiary/aromatic N) is 3. The SMILES string of the molecule is C1=NC=C(Nc2ncnc3ccccc23)C1. The summed E-state index contributed by atoms with van der Waals surface area (Å²) in [6, 6.07) is 7.93. The molecule has 1 aromatic carbocycles. The molecule has 0 spiro atoms. The molecule has 2 heterocycles. The molecule has 0 radical (unpaired) electrons. The molecular formula is C12H10N4. The molecule has 0 fully saturated rings. The van der Waals surface area contributed by atoms with Crippen LogP contribution < -0.4 is 5.32 Å². The van der Waals surface area contributed by atoms with Crippen LogP contribution in [0.4, 0.5) is 5.82 Å². The quantitative estimate of drug-likeness (QED) is 0.827. The van der Waals surface area contributed by atoms with E-state index in [9.17, 15) is 0 Å². The van der Waals surface area contributed by atoms with Crippen LogP contribution in [0.3, 0.4) is 0 Å². The second-order valence-electron chi connectivity index (χ2n) is 3.55. The number of hydrogen-bond acceptors (Lipinski definition) is 4. The van der Waals surface area contributed by atoms with Crippen molar-refractivity contribution in [3.05, 3.63) is 42.5 Å². The molecule has 0 atom stereocenters. The van der Waals surface area contributed by atoms with Gasteiger partial charge in [0, 0.05) is 29.9 Å². The molecule has 1 aliphatic heterocycles. The summed E-state index contributed by atoms with van der Waals surface area (Å²) in [5, 5.41) is 4.29. The lowest BCUT2D eigenvalue weighted by Gasteiger charge is -2.07. The van der Waals surface area contributed by atoms with E-state index in [1.165, 1.54) is 0 Å². The van der Waals surface area contributed by atoms with E-state index in [1.807, 2.05) is 36.7 Å². The van der Waals surface area contributed by atoms with Crippen molar-refractivity contribution in [3.8, 4) is 0 Å². The maximum absolute atomic E-state index is 4.25. The van der Waals surface area contributed by atoms with Crippen molar-refractivity contribution in [2.45, 2.75) is 6.42 Å². The van der Waals surface area contributed by atoms with E-state index in [-0.39, 0.29) is 0 Å². The summed E-state index contributed by atoms with van der Waals surface area (Å²) in [4.78, 5) is 12.5. The highest BCUT2D eigenvalue weighted by molar-refractivity contribution is 5.89. The standard InChI is InChI=1S/C12H10N4/c1-2-4-11-10(3-1)12(15-8-14-11)16-9-5-6-13-7-9/h1-4,6-8H,5H2,(H,14,15,16). The van der Waals surface area contributed by atoms with Crippen LogP contribution in [0.15, 0.2) is 47.5 Å². The Morgan fingerprint density at radius 2 is 2.06 bits per heavy atom. The minimum absolute atomic E-state index is 0.832. The van der Waals surface area contributed by atoms with Gasteiger partial charge in [0.25, 0.3) is 0 Å². The summed E-state index contributed by atoms with van der Waals surface area (Å²) < 4.78 is 0. The van der Waals surface area contributed by atoms with Crippen molar-refractivity contribution in [2.24, 2.45) is 4.99 Å². The van der Waals surface area contributed by atoms with Gasteiger partial charge in [0.1, 0.15) is 12.1 Å². The molecular weight excluding hydrogens is 200 g/mol. The number of aromatic nitrogens is 2. The monoisotopic (exact) mass is 210 g/mol. The zero-order valence-electron chi connectivity index (χ0n) is 8.59. The number of benzene rings is 1. The van der Waals surface area contributed by atoms with Gasteiger partial charge in [0.15, 0.2) is 0 Å². The fourth-order valence-corrected chi connectivity index (χ4v) is 1.69. The van der Waals surface area contributed by atoms with Crippen LogP contribution >= 0.6 is 0 Å². The summed E-state index contributed by atoms with van der Waals surface area (Å²) in [5.74, 6) is 0.836. The average molecular weight is 210 g/mol. The molecule has 4 nitrogen and oxygen atoms in total. The van der Waals surface area contributed by atoms with Gasteiger partial charge in [-0.3, -0.25) is 4.99 Å². The number of rotatable bonds is 2. The summed E-state index contributed by atoms with van der Waals surface area (Å²) in [6.07, 6.45) is 6.09. The normalized spacial score (nSPS) is 14.1. The van der Waals surface area contributed by atoms with E-state index in [0.717, 1.165) is 28.8 Å². The van der Waals surface area contributed by atoms with Crippen LogP contribution in [0.5, 0.6) is 0 Å². The van der Waals surface area contributed by atoms with E-state index in [2.05, 4.69) is 20.3 Å². The molecule has 1 aromatic heterocycles. The Labute approximate surface area is 92.8 Å². The maximum Gasteiger partial charge on any atom is 0.141 e. The van der Waals surface area contributed by atoms with Crippen LogP contribution in [-0.4, -0.2) is 16.2 Å². The molecule has 16 heavy (non-hydrogen) atoms. The van der Waals surface area contributed by atoms with Gasteiger partial charge in [-0.1, -0.05) is 12.1 Å². The molecule has 3 rings (SSSR count). The van der Waals surface area contributed by atoms with Crippen molar-refractivity contribution >= 4 is 22.9 Å². The first-order valence-corrected chi connectivity index (χ1v) is 5.11. The van der Waals surface area contributed by atoms with Gasteiger partial charge in [-0.25, -0.2) is 9.97 Å². The summed E-state index contributed by atoms with van der Waals surface area (Å²) >= 11 is 0. The smallest absolute Gasteiger partial charge is 0.141 e.